The number of nitrogens with two attached hydrogens (primary N) is 1. The summed E-state index contributed by atoms with van der Waals surface area (Å²) in [4.78, 5) is 0. The zero-order valence-corrected chi connectivity index (χ0v) is 12.1. The van der Waals surface area contributed by atoms with Gasteiger partial charge in [0, 0.05) is 11.9 Å². The number of hydrogen-bond donors (Lipinski definition) is 2. The average molecular weight is 297 g/mol. The molecule has 6 heteroatoms. The van der Waals surface area contributed by atoms with E-state index in [4.69, 9.17) is 11.1 Å². The molecule has 3 aromatic rings. The molecule has 0 aliphatic rings. The van der Waals surface area contributed by atoms with Crippen LogP contribution in [0.5, 0.6) is 0 Å². The summed E-state index contributed by atoms with van der Waals surface area (Å²) in [5.41, 5.74) is 7.61. The van der Waals surface area contributed by atoms with Crippen LogP contribution in [0.25, 0.3) is 5.65 Å². The molecule has 3 rings (SSSR count). The Morgan fingerprint density at radius 1 is 1.14 bits per heavy atom. The van der Waals surface area contributed by atoms with Gasteiger partial charge in [-0.1, -0.05) is 48.2 Å². The summed E-state index contributed by atoms with van der Waals surface area (Å²) in [5, 5.41) is 16.9. The molecule has 2 aromatic heterocycles. The van der Waals surface area contributed by atoms with E-state index in [1.165, 1.54) is 0 Å². The van der Waals surface area contributed by atoms with E-state index in [1.54, 1.807) is 11.8 Å². The van der Waals surface area contributed by atoms with Gasteiger partial charge in [-0.3, -0.25) is 9.81 Å². The SMILES string of the molecule is N=C(N)C(CSc1nnc2ccccn12)c1ccccc1. The minimum absolute atomic E-state index is 0.118. The fourth-order valence-corrected chi connectivity index (χ4v) is 3.21. The summed E-state index contributed by atoms with van der Waals surface area (Å²) in [6.45, 7) is 0. The molecule has 106 valence electrons. The van der Waals surface area contributed by atoms with Crippen LogP contribution in [0.2, 0.25) is 0 Å². The smallest absolute Gasteiger partial charge is 0.195 e. The first-order chi connectivity index (χ1) is 10.3. The van der Waals surface area contributed by atoms with E-state index in [1.807, 2.05) is 59.1 Å². The third-order valence-electron chi connectivity index (χ3n) is 3.24. The van der Waals surface area contributed by atoms with Crippen LogP contribution in [0, 0.1) is 5.41 Å². The Labute approximate surface area is 126 Å². The molecule has 0 fully saturated rings. The highest BCUT2D eigenvalue weighted by Gasteiger charge is 2.16. The number of thioether (sulfide) groups is 1. The highest BCUT2D eigenvalue weighted by molar-refractivity contribution is 7.99. The Kier molecular flexibility index (Phi) is 3.87. The number of benzene rings is 1. The molecule has 21 heavy (non-hydrogen) atoms. The van der Waals surface area contributed by atoms with E-state index >= 15 is 0 Å². The van der Waals surface area contributed by atoms with Crippen LogP contribution in [0.1, 0.15) is 11.5 Å². The topological polar surface area (TPSA) is 80.1 Å². The third kappa shape index (κ3) is 2.90. The highest BCUT2D eigenvalue weighted by atomic mass is 32.2. The average Bonchev–Trinajstić information content (AvgIpc) is 2.92. The molecule has 0 saturated carbocycles. The van der Waals surface area contributed by atoms with Gasteiger partial charge in [0.1, 0.15) is 0 Å². The van der Waals surface area contributed by atoms with Gasteiger partial charge in [0.2, 0.25) is 0 Å². The number of nitrogens with zero attached hydrogens (tertiary/aromatic N) is 3. The lowest BCUT2D eigenvalue weighted by Gasteiger charge is -2.14. The van der Waals surface area contributed by atoms with Crippen LogP contribution < -0.4 is 5.73 Å². The van der Waals surface area contributed by atoms with E-state index in [0.717, 1.165) is 16.4 Å². The number of amidine groups is 1. The second-order valence-electron chi connectivity index (χ2n) is 4.64. The summed E-state index contributed by atoms with van der Waals surface area (Å²) < 4.78 is 1.94. The van der Waals surface area contributed by atoms with Gasteiger partial charge in [0.25, 0.3) is 0 Å². The summed E-state index contributed by atoms with van der Waals surface area (Å²) in [5.74, 6) is 0.712. The molecule has 0 saturated heterocycles. The molecule has 0 aliphatic carbocycles. The van der Waals surface area contributed by atoms with Gasteiger partial charge >= 0.3 is 0 Å². The van der Waals surface area contributed by atoms with Gasteiger partial charge in [-0.25, -0.2) is 0 Å². The van der Waals surface area contributed by atoms with E-state index < -0.39 is 0 Å². The maximum absolute atomic E-state index is 7.80. The first-order valence-corrected chi connectivity index (χ1v) is 7.55. The number of nitrogens with one attached hydrogen (secondary N) is 1. The van der Waals surface area contributed by atoms with Crippen LogP contribution in [0.4, 0.5) is 0 Å². The molecular weight excluding hydrogens is 282 g/mol. The fourth-order valence-electron chi connectivity index (χ4n) is 2.13. The quantitative estimate of drug-likeness (QED) is 0.431. The van der Waals surface area contributed by atoms with Gasteiger partial charge < -0.3 is 5.73 Å². The molecule has 0 aliphatic heterocycles. The second-order valence-corrected chi connectivity index (χ2v) is 5.63. The summed E-state index contributed by atoms with van der Waals surface area (Å²) in [6, 6.07) is 15.7. The summed E-state index contributed by atoms with van der Waals surface area (Å²) >= 11 is 1.56. The van der Waals surface area contributed by atoms with Gasteiger partial charge in [-0.15, -0.1) is 10.2 Å². The molecule has 5 nitrogen and oxygen atoms in total. The fraction of sp³-hybridized carbons (Fsp3) is 0.133. The number of aromatic nitrogens is 3. The highest BCUT2D eigenvalue weighted by Crippen LogP contribution is 2.25. The van der Waals surface area contributed by atoms with E-state index in [9.17, 15) is 0 Å². The summed E-state index contributed by atoms with van der Waals surface area (Å²) in [7, 11) is 0. The van der Waals surface area contributed by atoms with E-state index in [-0.39, 0.29) is 11.8 Å². The molecule has 1 unspecified atom stereocenters. The number of hydrogen-bond acceptors (Lipinski definition) is 4. The van der Waals surface area contributed by atoms with Crippen molar-refractivity contribution in [3.63, 3.8) is 0 Å². The lowest BCUT2D eigenvalue weighted by molar-refractivity contribution is 0.913. The third-order valence-corrected chi connectivity index (χ3v) is 4.28. The Balaban J connectivity index is 1.80. The number of pyridine rings is 1. The Morgan fingerprint density at radius 3 is 2.67 bits per heavy atom. The zero-order valence-electron chi connectivity index (χ0n) is 11.3. The van der Waals surface area contributed by atoms with Gasteiger partial charge in [0.15, 0.2) is 10.8 Å². The molecule has 2 heterocycles. The first-order valence-electron chi connectivity index (χ1n) is 6.57. The molecule has 3 N–H and O–H groups in total. The number of rotatable bonds is 5. The minimum atomic E-state index is -0.118. The van der Waals surface area contributed by atoms with Crippen molar-refractivity contribution in [1.82, 2.24) is 14.6 Å². The van der Waals surface area contributed by atoms with Crippen molar-refractivity contribution in [2.24, 2.45) is 5.73 Å². The maximum Gasteiger partial charge on any atom is 0.195 e. The molecule has 0 bridgehead atoms. The van der Waals surface area contributed by atoms with E-state index in [2.05, 4.69) is 10.2 Å². The van der Waals surface area contributed by atoms with Crippen molar-refractivity contribution in [1.29, 1.82) is 5.41 Å². The van der Waals surface area contributed by atoms with Gasteiger partial charge in [-0.2, -0.15) is 0 Å². The van der Waals surface area contributed by atoms with Crippen molar-refractivity contribution >= 4 is 23.2 Å². The van der Waals surface area contributed by atoms with E-state index in [0.29, 0.717) is 5.75 Å². The first kappa shape index (κ1) is 13.6. The van der Waals surface area contributed by atoms with Crippen molar-refractivity contribution < 1.29 is 0 Å². The van der Waals surface area contributed by atoms with Crippen LogP contribution in [0.3, 0.4) is 0 Å². The minimum Gasteiger partial charge on any atom is -0.387 e. The normalized spacial score (nSPS) is 12.4. The predicted octanol–water partition coefficient (Wildman–Crippen LogP) is 2.54. The Morgan fingerprint density at radius 2 is 1.90 bits per heavy atom. The monoisotopic (exact) mass is 297 g/mol. The molecule has 0 spiro atoms. The zero-order chi connectivity index (χ0) is 14.7. The Hall–Kier alpha value is -2.34. The molecule has 1 aromatic carbocycles. The van der Waals surface area contributed by atoms with Crippen LogP contribution in [-0.4, -0.2) is 26.2 Å². The predicted molar refractivity (Wildman–Crippen MR) is 84.8 cm³/mol. The Bertz CT molecular complexity index is 753. The standard InChI is InChI=1S/C15H15N5S/c16-14(17)12(11-6-2-1-3-7-11)10-21-15-19-18-13-8-4-5-9-20(13)15/h1-9,12H,10H2,(H3,16,17). The van der Waals surface area contributed by atoms with Crippen LogP contribution in [-0.2, 0) is 0 Å². The molecule has 0 amide bonds. The van der Waals surface area contributed by atoms with Gasteiger partial charge in [0.05, 0.1) is 11.8 Å². The molecule has 1 atom stereocenters. The van der Waals surface area contributed by atoms with Crippen molar-refractivity contribution in [3.05, 3.63) is 60.3 Å². The van der Waals surface area contributed by atoms with Crippen molar-refractivity contribution in [3.8, 4) is 0 Å². The van der Waals surface area contributed by atoms with Crippen molar-refractivity contribution in [2.75, 3.05) is 5.75 Å². The molecule has 0 radical (unpaired) electrons. The van der Waals surface area contributed by atoms with Crippen LogP contribution in [0.15, 0.2) is 59.9 Å². The maximum atomic E-state index is 7.80. The van der Waals surface area contributed by atoms with Crippen LogP contribution >= 0.6 is 11.8 Å². The van der Waals surface area contributed by atoms with Gasteiger partial charge in [-0.05, 0) is 17.7 Å². The largest absolute Gasteiger partial charge is 0.387 e. The summed E-state index contributed by atoms with van der Waals surface area (Å²) in [6.07, 6.45) is 1.93. The molecular formula is C15H15N5S. The second kappa shape index (κ2) is 5.97. The van der Waals surface area contributed by atoms with Crippen molar-refractivity contribution in [2.45, 2.75) is 11.1 Å². The lowest BCUT2D eigenvalue weighted by atomic mass is 10.0. The number of fused-ring (bicyclic) bond motifs is 1. The lowest BCUT2D eigenvalue weighted by Crippen LogP contribution is -2.22.